The first kappa shape index (κ1) is 11.1. The van der Waals surface area contributed by atoms with E-state index in [1.165, 1.54) is 18.2 Å². The summed E-state index contributed by atoms with van der Waals surface area (Å²) >= 11 is 0. The lowest BCUT2D eigenvalue weighted by molar-refractivity contribution is 0.626. The van der Waals surface area contributed by atoms with Crippen molar-refractivity contribution in [3.8, 4) is 5.69 Å². The van der Waals surface area contributed by atoms with E-state index in [2.05, 4.69) is 4.98 Å². The van der Waals surface area contributed by atoms with Gasteiger partial charge in [0.15, 0.2) is 0 Å². The van der Waals surface area contributed by atoms with Gasteiger partial charge in [-0.15, -0.1) is 0 Å². The normalized spacial score (nSPS) is 10.5. The molecule has 1 aromatic heterocycles. The highest BCUT2D eigenvalue weighted by Gasteiger charge is 2.08. The second kappa shape index (κ2) is 3.89. The molecular formula is C11H10FN3O2. The van der Waals surface area contributed by atoms with Crippen molar-refractivity contribution in [3.05, 3.63) is 56.5 Å². The molecule has 0 spiro atoms. The second-order valence-corrected chi connectivity index (χ2v) is 3.63. The third-order valence-electron chi connectivity index (χ3n) is 2.37. The van der Waals surface area contributed by atoms with Gasteiger partial charge in [-0.05, 0) is 30.7 Å². The predicted molar refractivity (Wildman–Crippen MR) is 61.8 cm³/mol. The van der Waals surface area contributed by atoms with Crippen LogP contribution >= 0.6 is 0 Å². The molecule has 0 bridgehead atoms. The van der Waals surface area contributed by atoms with Crippen molar-refractivity contribution in [1.29, 1.82) is 0 Å². The van der Waals surface area contributed by atoms with E-state index in [4.69, 9.17) is 5.73 Å². The lowest BCUT2D eigenvalue weighted by Crippen LogP contribution is -2.30. The number of nitrogens with two attached hydrogens (primary N) is 1. The van der Waals surface area contributed by atoms with Crippen LogP contribution in [0.2, 0.25) is 0 Å². The van der Waals surface area contributed by atoms with Gasteiger partial charge in [-0.1, -0.05) is 0 Å². The Hall–Kier alpha value is -2.37. The van der Waals surface area contributed by atoms with Crippen LogP contribution in [0.5, 0.6) is 0 Å². The molecule has 0 aliphatic heterocycles. The number of nitrogens with zero attached hydrogens (tertiary/aromatic N) is 1. The van der Waals surface area contributed by atoms with E-state index < -0.39 is 17.1 Å². The lowest BCUT2D eigenvalue weighted by Gasteiger charge is -2.10. The molecule has 0 fully saturated rings. The first-order chi connectivity index (χ1) is 7.99. The highest BCUT2D eigenvalue weighted by molar-refractivity contribution is 5.46. The smallest absolute Gasteiger partial charge is 0.334 e. The maximum absolute atomic E-state index is 13.0. The molecule has 0 aliphatic carbocycles. The quantitative estimate of drug-likeness (QED) is 0.757. The number of H-pyrrole nitrogens is 1. The van der Waals surface area contributed by atoms with Crippen LogP contribution in [-0.2, 0) is 0 Å². The van der Waals surface area contributed by atoms with Gasteiger partial charge in [-0.25, -0.2) is 13.8 Å². The summed E-state index contributed by atoms with van der Waals surface area (Å²) in [5.41, 5.74) is 5.38. The van der Waals surface area contributed by atoms with Crippen molar-refractivity contribution < 1.29 is 4.39 Å². The van der Waals surface area contributed by atoms with Crippen molar-refractivity contribution in [3.63, 3.8) is 0 Å². The Morgan fingerprint density at radius 2 is 2.00 bits per heavy atom. The summed E-state index contributed by atoms with van der Waals surface area (Å²) in [5.74, 6) is -0.393. The van der Waals surface area contributed by atoms with Crippen molar-refractivity contribution in [2.24, 2.45) is 0 Å². The largest absolute Gasteiger partial charge is 0.385 e. The molecule has 6 heteroatoms. The van der Waals surface area contributed by atoms with Gasteiger partial charge in [-0.3, -0.25) is 9.78 Å². The van der Waals surface area contributed by atoms with E-state index in [1.807, 2.05) is 0 Å². The molecule has 0 saturated heterocycles. The summed E-state index contributed by atoms with van der Waals surface area (Å²) < 4.78 is 14.1. The van der Waals surface area contributed by atoms with Gasteiger partial charge in [-0.2, -0.15) is 0 Å². The van der Waals surface area contributed by atoms with E-state index in [1.54, 1.807) is 6.92 Å². The molecule has 2 aromatic rings. The van der Waals surface area contributed by atoms with Crippen LogP contribution in [0.15, 0.2) is 33.9 Å². The SMILES string of the molecule is Cc1cc(F)ccc1-n1c(N)cc(=O)[nH]c1=O. The monoisotopic (exact) mass is 235 g/mol. The summed E-state index contributed by atoms with van der Waals surface area (Å²) in [7, 11) is 0. The zero-order valence-corrected chi connectivity index (χ0v) is 9.03. The molecule has 1 heterocycles. The maximum Gasteiger partial charge on any atom is 0.334 e. The molecule has 3 N–H and O–H groups in total. The van der Waals surface area contributed by atoms with Gasteiger partial charge in [0.25, 0.3) is 5.56 Å². The third-order valence-corrected chi connectivity index (χ3v) is 2.37. The molecule has 0 atom stereocenters. The van der Waals surface area contributed by atoms with Crippen LogP contribution in [0.25, 0.3) is 5.69 Å². The van der Waals surface area contributed by atoms with Gasteiger partial charge in [0, 0.05) is 6.07 Å². The number of hydrogen-bond acceptors (Lipinski definition) is 3. The van der Waals surface area contributed by atoms with Gasteiger partial charge < -0.3 is 5.73 Å². The predicted octanol–water partition coefficient (Wildman–Crippen LogP) is 0.556. The van der Waals surface area contributed by atoms with E-state index in [0.717, 1.165) is 10.6 Å². The Bertz CT molecular complexity index is 688. The Morgan fingerprint density at radius 1 is 1.29 bits per heavy atom. The van der Waals surface area contributed by atoms with Crippen LogP contribution in [0.3, 0.4) is 0 Å². The fourth-order valence-electron chi connectivity index (χ4n) is 1.63. The summed E-state index contributed by atoms with van der Waals surface area (Å²) in [6.45, 7) is 1.65. The molecule has 2 rings (SSSR count). The van der Waals surface area contributed by atoms with Gasteiger partial charge in [0.1, 0.15) is 11.6 Å². The summed E-state index contributed by atoms with van der Waals surface area (Å²) in [6, 6.07) is 5.04. The standard InChI is InChI=1S/C11H10FN3O2/c1-6-4-7(12)2-3-8(6)15-9(13)5-10(16)14-11(15)17/h2-5H,13H2,1H3,(H,14,16,17). The second-order valence-electron chi connectivity index (χ2n) is 3.63. The van der Waals surface area contributed by atoms with Gasteiger partial charge in [0.05, 0.1) is 5.69 Å². The van der Waals surface area contributed by atoms with E-state index in [-0.39, 0.29) is 5.82 Å². The summed E-state index contributed by atoms with van der Waals surface area (Å²) in [4.78, 5) is 24.8. The third kappa shape index (κ3) is 1.96. The Kier molecular flexibility index (Phi) is 2.55. The maximum atomic E-state index is 13.0. The number of rotatable bonds is 1. The number of benzene rings is 1. The average Bonchev–Trinajstić information content (AvgIpc) is 2.19. The molecule has 0 unspecified atom stereocenters. The minimum atomic E-state index is -0.648. The number of hydrogen-bond donors (Lipinski definition) is 2. The Labute approximate surface area is 95.3 Å². The first-order valence-corrected chi connectivity index (χ1v) is 4.87. The fraction of sp³-hybridized carbons (Fsp3) is 0.0909. The number of halogens is 1. The van der Waals surface area contributed by atoms with Gasteiger partial charge >= 0.3 is 5.69 Å². The number of aromatic amines is 1. The molecule has 5 nitrogen and oxygen atoms in total. The zero-order chi connectivity index (χ0) is 12.6. The first-order valence-electron chi connectivity index (χ1n) is 4.87. The molecule has 88 valence electrons. The van der Waals surface area contributed by atoms with Gasteiger partial charge in [0.2, 0.25) is 0 Å². The molecular weight excluding hydrogens is 225 g/mol. The summed E-state index contributed by atoms with van der Waals surface area (Å²) in [5, 5.41) is 0. The van der Waals surface area contributed by atoms with E-state index in [9.17, 15) is 14.0 Å². The van der Waals surface area contributed by atoms with Crippen LogP contribution in [0.4, 0.5) is 10.2 Å². The fourth-order valence-corrected chi connectivity index (χ4v) is 1.63. The van der Waals surface area contributed by atoms with Crippen molar-refractivity contribution in [2.75, 3.05) is 5.73 Å². The minimum Gasteiger partial charge on any atom is -0.385 e. The van der Waals surface area contributed by atoms with Crippen molar-refractivity contribution in [1.82, 2.24) is 9.55 Å². The number of nitrogen functional groups attached to an aromatic ring is 1. The highest BCUT2D eigenvalue weighted by atomic mass is 19.1. The number of nitrogens with one attached hydrogen (secondary N) is 1. The Morgan fingerprint density at radius 3 is 2.59 bits per heavy atom. The van der Waals surface area contributed by atoms with Crippen LogP contribution < -0.4 is 17.0 Å². The van der Waals surface area contributed by atoms with Crippen molar-refractivity contribution in [2.45, 2.75) is 6.92 Å². The minimum absolute atomic E-state index is 0.00783. The molecule has 0 saturated carbocycles. The number of aryl methyl sites for hydroxylation is 1. The average molecular weight is 235 g/mol. The van der Waals surface area contributed by atoms with E-state index in [0.29, 0.717) is 11.3 Å². The molecule has 0 amide bonds. The highest BCUT2D eigenvalue weighted by Crippen LogP contribution is 2.15. The number of anilines is 1. The molecule has 17 heavy (non-hydrogen) atoms. The number of aromatic nitrogens is 2. The van der Waals surface area contributed by atoms with Crippen LogP contribution in [-0.4, -0.2) is 9.55 Å². The topological polar surface area (TPSA) is 80.9 Å². The van der Waals surface area contributed by atoms with Crippen LogP contribution in [0.1, 0.15) is 5.56 Å². The molecule has 1 aromatic carbocycles. The zero-order valence-electron chi connectivity index (χ0n) is 9.03. The Balaban J connectivity index is 2.77. The van der Waals surface area contributed by atoms with Crippen LogP contribution in [0, 0.1) is 12.7 Å². The summed E-state index contributed by atoms with van der Waals surface area (Å²) in [6.07, 6.45) is 0. The molecule has 0 radical (unpaired) electrons. The molecule has 0 aliphatic rings. The lowest BCUT2D eigenvalue weighted by atomic mass is 10.2. The van der Waals surface area contributed by atoms with Crippen molar-refractivity contribution >= 4 is 5.82 Å². The van der Waals surface area contributed by atoms with E-state index >= 15 is 0 Å².